The Balaban J connectivity index is 2.12. The molecule has 3 N–H and O–H groups in total. The van der Waals surface area contributed by atoms with Crippen molar-refractivity contribution in [3.8, 4) is 11.3 Å². The third-order valence-corrected chi connectivity index (χ3v) is 4.42. The molecule has 1 heterocycles. The van der Waals surface area contributed by atoms with Gasteiger partial charge in [-0.3, -0.25) is 20.0 Å². The van der Waals surface area contributed by atoms with Crippen LogP contribution in [0.1, 0.15) is 0 Å². The molecule has 3 aromatic rings. The summed E-state index contributed by atoms with van der Waals surface area (Å²) in [5.41, 5.74) is 6.20. The molecule has 1 aromatic heterocycles. The number of rotatable bonds is 4. The first-order valence-corrected chi connectivity index (χ1v) is 8.64. The molecule has 0 aliphatic rings. The Morgan fingerprint density at radius 1 is 1.19 bits per heavy atom. The van der Waals surface area contributed by atoms with Gasteiger partial charge in [0.15, 0.2) is 10.8 Å². The van der Waals surface area contributed by atoms with Crippen LogP contribution in [0.2, 0.25) is 0 Å². The minimum absolute atomic E-state index is 0.0209. The third-order valence-electron chi connectivity index (χ3n) is 3.56. The molecule has 27 heavy (non-hydrogen) atoms. The monoisotopic (exact) mass is 446 g/mol. The molecule has 3 rings (SSSR count). The molecule has 0 amide bonds. The van der Waals surface area contributed by atoms with E-state index in [1.165, 1.54) is 24.3 Å². The van der Waals surface area contributed by atoms with Crippen LogP contribution >= 0.6 is 28.1 Å². The highest BCUT2D eigenvalue weighted by atomic mass is 79.9. The Bertz CT molecular complexity index is 1120. The molecule has 0 saturated carbocycles. The first kappa shape index (κ1) is 18.6. The first-order valence-electron chi connectivity index (χ1n) is 7.44. The number of nitrogens with zero attached hydrogens (tertiary/aromatic N) is 4. The maximum atomic E-state index is 12.6. The summed E-state index contributed by atoms with van der Waals surface area (Å²) < 4.78 is 1.66. The first-order chi connectivity index (χ1) is 12.9. The van der Waals surface area contributed by atoms with Crippen LogP contribution in [0.5, 0.6) is 0 Å². The predicted molar refractivity (Wildman–Crippen MR) is 108 cm³/mol. The predicted octanol–water partition coefficient (Wildman–Crippen LogP) is 4.02. The number of H-pyrrole nitrogens is 1. The quantitative estimate of drug-likeness (QED) is 0.270. The number of benzene rings is 2. The number of aromatic amines is 1. The fourth-order valence-corrected chi connectivity index (χ4v) is 2.76. The average Bonchev–Trinajstić information content (AvgIpc) is 2.98. The lowest BCUT2D eigenvalue weighted by Gasteiger charge is -2.00. The number of aromatic nitrogens is 2. The van der Waals surface area contributed by atoms with Gasteiger partial charge in [0, 0.05) is 22.2 Å². The maximum Gasteiger partial charge on any atom is 0.301 e. The topological polar surface area (TPSA) is 132 Å². The molecule has 2 aromatic carbocycles. The summed E-state index contributed by atoms with van der Waals surface area (Å²) in [6, 6.07) is 12.7. The fourth-order valence-electron chi connectivity index (χ4n) is 2.26. The van der Waals surface area contributed by atoms with Crippen molar-refractivity contribution >= 4 is 50.3 Å². The Labute approximate surface area is 165 Å². The van der Waals surface area contributed by atoms with Crippen molar-refractivity contribution < 1.29 is 4.92 Å². The lowest BCUT2D eigenvalue weighted by molar-refractivity contribution is -0.384. The molecule has 0 fully saturated rings. The van der Waals surface area contributed by atoms with Gasteiger partial charge >= 0.3 is 5.56 Å². The van der Waals surface area contributed by atoms with Crippen molar-refractivity contribution in [2.75, 3.05) is 0 Å². The average molecular weight is 447 g/mol. The van der Waals surface area contributed by atoms with Gasteiger partial charge in [-0.25, -0.2) is 0 Å². The van der Waals surface area contributed by atoms with Gasteiger partial charge in [-0.15, -0.1) is 10.2 Å². The van der Waals surface area contributed by atoms with E-state index in [4.69, 9.17) is 18.0 Å². The van der Waals surface area contributed by atoms with Crippen LogP contribution in [0.3, 0.4) is 0 Å². The largest absolute Gasteiger partial charge is 0.374 e. The van der Waals surface area contributed by atoms with E-state index in [9.17, 15) is 14.9 Å². The van der Waals surface area contributed by atoms with E-state index in [-0.39, 0.29) is 16.5 Å². The SMILES string of the molecule is NC(=S)n1[nH]c(-c2ccc([N+](=O)[O-])cc2)c(N=Nc2ccccc2Br)c1=O. The lowest BCUT2D eigenvalue weighted by Crippen LogP contribution is -2.29. The van der Waals surface area contributed by atoms with Crippen LogP contribution in [0, 0.1) is 10.1 Å². The summed E-state index contributed by atoms with van der Waals surface area (Å²) in [6.45, 7) is 0. The number of non-ortho nitro benzene ring substituents is 1. The molecule has 0 radical (unpaired) electrons. The molecule has 0 aliphatic heterocycles. The lowest BCUT2D eigenvalue weighted by atomic mass is 10.1. The van der Waals surface area contributed by atoms with Gasteiger partial charge in [0.25, 0.3) is 5.69 Å². The van der Waals surface area contributed by atoms with E-state index in [0.29, 0.717) is 21.4 Å². The molecule has 0 aliphatic carbocycles. The van der Waals surface area contributed by atoms with Crippen molar-refractivity contribution in [1.82, 2.24) is 9.78 Å². The highest BCUT2D eigenvalue weighted by molar-refractivity contribution is 9.10. The molecule has 0 unspecified atom stereocenters. The van der Waals surface area contributed by atoms with Crippen molar-refractivity contribution in [2.24, 2.45) is 16.0 Å². The number of hydrogen-bond donors (Lipinski definition) is 2. The van der Waals surface area contributed by atoms with Gasteiger partial charge in [0.1, 0.15) is 0 Å². The van der Waals surface area contributed by atoms with Crippen LogP contribution in [0.4, 0.5) is 17.1 Å². The number of thiocarbonyl (C=S) groups is 1. The summed E-state index contributed by atoms with van der Waals surface area (Å²) >= 11 is 8.22. The number of nitro groups is 1. The number of azo groups is 1. The molecule has 0 atom stereocenters. The second-order valence-corrected chi connectivity index (χ2v) is 6.54. The van der Waals surface area contributed by atoms with E-state index in [0.717, 1.165) is 4.68 Å². The van der Waals surface area contributed by atoms with Gasteiger partial charge in [0.05, 0.1) is 16.3 Å². The highest BCUT2D eigenvalue weighted by Crippen LogP contribution is 2.30. The van der Waals surface area contributed by atoms with Crippen molar-refractivity contribution in [1.29, 1.82) is 0 Å². The smallest absolute Gasteiger partial charge is 0.301 e. The zero-order chi connectivity index (χ0) is 19.6. The normalized spacial score (nSPS) is 11.0. The molecule has 9 nitrogen and oxygen atoms in total. The van der Waals surface area contributed by atoms with Gasteiger partial charge < -0.3 is 5.73 Å². The minimum atomic E-state index is -0.577. The molecular formula is C16H11BrN6O3S. The summed E-state index contributed by atoms with van der Waals surface area (Å²) in [7, 11) is 0. The second-order valence-electron chi connectivity index (χ2n) is 5.27. The molecule has 136 valence electrons. The van der Waals surface area contributed by atoms with Gasteiger partial charge in [0.2, 0.25) is 0 Å². The van der Waals surface area contributed by atoms with Crippen molar-refractivity contribution in [3.05, 3.63) is 73.5 Å². The molecule has 0 bridgehead atoms. The molecular weight excluding hydrogens is 436 g/mol. The van der Waals surface area contributed by atoms with Crippen LogP contribution in [-0.4, -0.2) is 19.8 Å². The number of hydrogen-bond acceptors (Lipinski definition) is 6. The van der Waals surface area contributed by atoms with Crippen LogP contribution < -0.4 is 11.3 Å². The van der Waals surface area contributed by atoms with E-state index < -0.39 is 10.5 Å². The summed E-state index contributed by atoms with van der Waals surface area (Å²) in [5, 5.41) is 21.6. The fraction of sp³-hybridized carbons (Fsp3) is 0. The van der Waals surface area contributed by atoms with Gasteiger partial charge in [-0.1, -0.05) is 12.1 Å². The van der Waals surface area contributed by atoms with Crippen molar-refractivity contribution in [3.63, 3.8) is 0 Å². The standard InChI is InChI=1S/C16H11BrN6O3S/c17-11-3-1-2-4-12(11)19-20-14-13(21-22(15(14)24)16(18)27)9-5-7-10(8-6-9)23(25)26/h1-8,21H,(H2,18,27). The van der Waals surface area contributed by atoms with E-state index in [1.807, 2.05) is 6.07 Å². The van der Waals surface area contributed by atoms with Crippen molar-refractivity contribution in [2.45, 2.75) is 0 Å². The van der Waals surface area contributed by atoms with Crippen LogP contribution in [0.25, 0.3) is 11.3 Å². The van der Waals surface area contributed by atoms with Gasteiger partial charge in [-0.2, -0.15) is 4.68 Å². The minimum Gasteiger partial charge on any atom is -0.374 e. The number of halogens is 1. The molecule has 0 spiro atoms. The zero-order valence-corrected chi connectivity index (χ0v) is 15.9. The Kier molecular flexibility index (Phi) is 5.23. The molecule has 0 saturated heterocycles. The number of nitro benzene ring substituents is 1. The zero-order valence-electron chi connectivity index (χ0n) is 13.5. The Morgan fingerprint density at radius 2 is 1.85 bits per heavy atom. The van der Waals surface area contributed by atoms with Crippen LogP contribution in [-0.2, 0) is 0 Å². The summed E-state index contributed by atoms with van der Waals surface area (Å²) in [4.78, 5) is 22.9. The Hall–Kier alpha value is -3.18. The second kappa shape index (κ2) is 7.60. The van der Waals surface area contributed by atoms with E-state index in [2.05, 4.69) is 31.3 Å². The highest BCUT2D eigenvalue weighted by Gasteiger charge is 2.18. The van der Waals surface area contributed by atoms with E-state index >= 15 is 0 Å². The van der Waals surface area contributed by atoms with E-state index in [1.54, 1.807) is 18.2 Å². The summed E-state index contributed by atoms with van der Waals surface area (Å²) in [5.74, 6) is 0. The maximum absolute atomic E-state index is 12.6. The Morgan fingerprint density at radius 3 is 2.44 bits per heavy atom. The third kappa shape index (κ3) is 3.83. The molecule has 11 heteroatoms. The number of nitrogens with two attached hydrogens (primary N) is 1. The van der Waals surface area contributed by atoms with Gasteiger partial charge in [-0.05, 0) is 52.4 Å². The van der Waals surface area contributed by atoms with Crippen LogP contribution in [0.15, 0.2) is 68.0 Å². The summed E-state index contributed by atoms with van der Waals surface area (Å²) in [6.07, 6.45) is 0. The number of nitrogens with one attached hydrogen (secondary N) is 1.